The zero-order valence-electron chi connectivity index (χ0n) is 10.8. The van der Waals surface area contributed by atoms with Gasteiger partial charge in [-0.25, -0.2) is 8.42 Å². The van der Waals surface area contributed by atoms with Crippen molar-refractivity contribution < 1.29 is 22.6 Å². The summed E-state index contributed by atoms with van der Waals surface area (Å²) in [6, 6.07) is 8.46. The maximum Gasteiger partial charge on any atom is 0.183 e. The van der Waals surface area contributed by atoms with Gasteiger partial charge in [0.2, 0.25) is 0 Å². The highest BCUT2D eigenvalue weighted by Crippen LogP contribution is 2.36. The van der Waals surface area contributed by atoms with Crippen molar-refractivity contribution in [3.05, 3.63) is 30.3 Å². The Morgan fingerprint density at radius 2 is 1.95 bits per heavy atom. The van der Waals surface area contributed by atoms with E-state index >= 15 is 0 Å². The van der Waals surface area contributed by atoms with E-state index in [1.165, 1.54) is 0 Å². The minimum atomic E-state index is -3.27. The van der Waals surface area contributed by atoms with E-state index in [2.05, 4.69) is 0 Å². The number of hydrogen-bond acceptors (Lipinski definition) is 5. The van der Waals surface area contributed by atoms with Crippen LogP contribution in [0.15, 0.2) is 35.2 Å². The molecule has 0 aromatic heterocycles. The molecule has 2 atom stereocenters. The zero-order chi connectivity index (χ0) is 13.7. The van der Waals surface area contributed by atoms with Crippen LogP contribution >= 0.6 is 0 Å². The summed E-state index contributed by atoms with van der Waals surface area (Å²) < 4.78 is 39.7. The van der Waals surface area contributed by atoms with Crippen LogP contribution in [0.1, 0.15) is 6.42 Å². The first kappa shape index (κ1) is 14.5. The van der Waals surface area contributed by atoms with Crippen LogP contribution < -0.4 is 0 Å². The maximum absolute atomic E-state index is 12.2. The van der Waals surface area contributed by atoms with Crippen molar-refractivity contribution in [2.24, 2.45) is 0 Å². The lowest BCUT2D eigenvalue weighted by Crippen LogP contribution is -2.14. The predicted octanol–water partition coefficient (Wildman–Crippen LogP) is 1.24. The van der Waals surface area contributed by atoms with Crippen LogP contribution in [0.4, 0.5) is 0 Å². The lowest BCUT2D eigenvalue weighted by atomic mass is 10.4. The fourth-order valence-corrected chi connectivity index (χ4v) is 3.58. The van der Waals surface area contributed by atoms with E-state index in [9.17, 15) is 8.42 Å². The average Bonchev–Trinajstić information content (AvgIpc) is 3.20. The molecule has 1 aliphatic rings. The van der Waals surface area contributed by atoms with Gasteiger partial charge in [0.05, 0.1) is 29.5 Å². The first-order chi connectivity index (χ1) is 9.16. The monoisotopic (exact) mass is 286 g/mol. The summed E-state index contributed by atoms with van der Waals surface area (Å²) in [6.45, 7) is 1.05. The molecule has 0 N–H and O–H groups in total. The number of hydrogen-bond donors (Lipinski definition) is 0. The van der Waals surface area contributed by atoms with Crippen molar-refractivity contribution in [3.63, 3.8) is 0 Å². The quantitative estimate of drug-likeness (QED) is 0.531. The van der Waals surface area contributed by atoms with Gasteiger partial charge in [-0.3, -0.25) is 0 Å². The van der Waals surface area contributed by atoms with Crippen molar-refractivity contribution in [2.75, 3.05) is 27.1 Å². The molecule has 0 aliphatic heterocycles. The lowest BCUT2D eigenvalue weighted by molar-refractivity contribution is -0.0721. The Morgan fingerprint density at radius 1 is 1.21 bits per heavy atom. The fourth-order valence-electron chi connectivity index (χ4n) is 1.77. The topological polar surface area (TPSA) is 61.8 Å². The smallest absolute Gasteiger partial charge is 0.183 e. The average molecular weight is 286 g/mol. The summed E-state index contributed by atoms with van der Waals surface area (Å²) in [5.74, 6) is 0. The van der Waals surface area contributed by atoms with Gasteiger partial charge < -0.3 is 14.2 Å². The molecule has 0 radical (unpaired) electrons. The fraction of sp³-hybridized carbons (Fsp3) is 0.538. The van der Waals surface area contributed by atoms with E-state index in [0.29, 0.717) is 24.5 Å². The van der Waals surface area contributed by atoms with E-state index in [-0.39, 0.29) is 12.9 Å². The number of rotatable bonds is 8. The van der Waals surface area contributed by atoms with Crippen LogP contribution in [0.5, 0.6) is 0 Å². The van der Waals surface area contributed by atoms with E-state index in [4.69, 9.17) is 14.2 Å². The standard InChI is InChI=1S/C13H18O5S/c1-16-7-8-17-10-18-12-9-13(12)19(14,15)11-5-3-2-4-6-11/h2-6,12-13H,7-10H2,1H3. The number of methoxy groups -OCH3 is 1. The normalized spacial score (nSPS) is 22.4. The molecule has 2 unspecified atom stereocenters. The predicted molar refractivity (Wildman–Crippen MR) is 69.6 cm³/mol. The molecule has 0 bridgehead atoms. The Labute approximate surface area is 113 Å². The molecule has 1 fully saturated rings. The van der Waals surface area contributed by atoms with Gasteiger partial charge in [-0.05, 0) is 18.6 Å². The van der Waals surface area contributed by atoms with Gasteiger partial charge >= 0.3 is 0 Å². The minimum Gasteiger partial charge on any atom is -0.382 e. The van der Waals surface area contributed by atoms with Crippen LogP contribution in [0.25, 0.3) is 0 Å². The molecule has 2 rings (SSSR count). The third-order valence-electron chi connectivity index (χ3n) is 2.94. The van der Waals surface area contributed by atoms with Gasteiger partial charge in [-0.15, -0.1) is 0 Å². The Bertz CT molecular complexity index is 485. The molecule has 1 saturated carbocycles. The summed E-state index contributed by atoms with van der Waals surface area (Å²) in [4.78, 5) is 0.353. The van der Waals surface area contributed by atoms with E-state index < -0.39 is 15.1 Å². The lowest BCUT2D eigenvalue weighted by Gasteiger charge is -2.06. The van der Waals surface area contributed by atoms with Gasteiger partial charge in [0.15, 0.2) is 9.84 Å². The highest BCUT2D eigenvalue weighted by atomic mass is 32.2. The van der Waals surface area contributed by atoms with Crippen molar-refractivity contribution >= 4 is 9.84 Å². The molecule has 0 heterocycles. The molecule has 0 spiro atoms. The SMILES string of the molecule is COCCOCOC1CC1S(=O)(=O)c1ccccc1. The molecule has 0 amide bonds. The Hall–Kier alpha value is -0.950. The van der Waals surface area contributed by atoms with Crippen LogP contribution in [0, 0.1) is 0 Å². The maximum atomic E-state index is 12.2. The van der Waals surface area contributed by atoms with E-state index in [0.717, 1.165) is 0 Å². The van der Waals surface area contributed by atoms with Crippen molar-refractivity contribution in [1.29, 1.82) is 0 Å². The Kier molecular flexibility index (Phi) is 4.93. The van der Waals surface area contributed by atoms with Crippen LogP contribution in [0.3, 0.4) is 0 Å². The van der Waals surface area contributed by atoms with Crippen LogP contribution in [-0.2, 0) is 24.0 Å². The second-order valence-corrected chi connectivity index (χ2v) is 6.52. The van der Waals surface area contributed by atoms with Crippen molar-refractivity contribution in [3.8, 4) is 0 Å². The molecule has 1 aromatic rings. The van der Waals surface area contributed by atoms with Crippen LogP contribution in [-0.4, -0.2) is 46.9 Å². The molecule has 106 valence electrons. The largest absolute Gasteiger partial charge is 0.382 e. The highest BCUT2D eigenvalue weighted by molar-refractivity contribution is 7.92. The van der Waals surface area contributed by atoms with Gasteiger partial charge in [0, 0.05) is 7.11 Å². The van der Waals surface area contributed by atoms with Crippen molar-refractivity contribution in [1.82, 2.24) is 0 Å². The molecule has 6 heteroatoms. The Morgan fingerprint density at radius 3 is 2.63 bits per heavy atom. The van der Waals surface area contributed by atoms with Gasteiger partial charge in [-0.2, -0.15) is 0 Å². The van der Waals surface area contributed by atoms with Crippen molar-refractivity contribution in [2.45, 2.75) is 22.7 Å². The first-order valence-corrected chi connectivity index (χ1v) is 7.68. The van der Waals surface area contributed by atoms with E-state index in [1.54, 1.807) is 37.4 Å². The van der Waals surface area contributed by atoms with Gasteiger partial charge in [0.1, 0.15) is 6.79 Å². The van der Waals surface area contributed by atoms with Crippen LogP contribution in [0.2, 0.25) is 0 Å². The molecule has 5 nitrogen and oxygen atoms in total. The third kappa shape index (κ3) is 3.76. The molecular weight excluding hydrogens is 268 g/mol. The van der Waals surface area contributed by atoms with E-state index in [1.807, 2.05) is 0 Å². The highest BCUT2D eigenvalue weighted by Gasteiger charge is 2.49. The summed E-state index contributed by atoms with van der Waals surface area (Å²) in [6.07, 6.45) is 0.276. The number of ether oxygens (including phenoxy) is 3. The Balaban J connectivity index is 1.79. The summed E-state index contributed by atoms with van der Waals surface area (Å²) in [7, 11) is -1.68. The van der Waals surface area contributed by atoms with Gasteiger partial charge in [-0.1, -0.05) is 18.2 Å². The first-order valence-electron chi connectivity index (χ1n) is 6.13. The molecular formula is C13H18O5S. The second-order valence-electron chi connectivity index (χ2n) is 4.36. The molecule has 1 aromatic carbocycles. The summed E-state index contributed by atoms with van der Waals surface area (Å²) in [5.41, 5.74) is 0. The number of benzene rings is 1. The summed E-state index contributed by atoms with van der Waals surface area (Å²) in [5, 5.41) is -0.444. The zero-order valence-corrected chi connectivity index (χ0v) is 11.6. The molecule has 0 saturated heterocycles. The van der Waals surface area contributed by atoms with Gasteiger partial charge in [0.25, 0.3) is 0 Å². The summed E-state index contributed by atoms with van der Waals surface area (Å²) >= 11 is 0. The molecule has 1 aliphatic carbocycles. The molecule has 19 heavy (non-hydrogen) atoms. The third-order valence-corrected chi connectivity index (χ3v) is 5.17. The number of sulfone groups is 1. The second kappa shape index (κ2) is 6.47. The minimum absolute atomic E-state index is 0.106.